The van der Waals surface area contributed by atoms with Gasteiger partial charge in [-0.15, -0.1) is 0 Å². The summed E-state index contributed by atoms with van der Waals surface area (Å²) in [5, 5.41) is 9.06. The molecule has 174 valence electrons. The normalized spacial score (nSPS) is 22.8. The summed E-state index contributed by atoms with van der Waals surface area (Å²) in [5.41, 5.74) is 10.1. The van der Waals surface area contributed by atoms with Crippen LogP contribution in [0.5, 0.6) is 0 Å². The monoisotopic (exact) mass is 448 g/mol. The summed E-state index contributed by atoms with van der Waals surface area (Å²) in [6.45, 7) is 11.1. The first-order chi connectivity index (χ1) is 15.9. The van der Waals surface area contributed by atoms with Crippen LogP contribution in [0.3, 0.4) is 0 Å². The largest absolute Gasteiger partial charge is 0.383 e. The lowest BCUT2D eigenvalue weighted by Gasteiger charge is -2.31. The highest BCUT2D eigenvalue weighted by Gasteiger charge is 2.26. The SMILES string of the molecule is C=C(NCC(C)CN1CCc2cc(F)ccc2C1)C1=CN2C=C(C3=CN(C)NC3)C=CC2N1. The molecule has 0 saturated heterocycles. The predicted molar refractivity (Wildman–Crippen MR) is 130 cm³/mol. The van der Waals surface area contributed by atoms with E-state index in [0.717, 1.165) is 56.1 Å². The molecule has 5 rings (SSSR count). The van der Waals surface area contributed by atoms with Crippen molar-refractivity contribution in [3.8, 4) is 0 Å². The number of hydrogen-bond acceptors (Lipinski definition) is 6. The summed E-state index contributed by atoms with van der Waals surface area (Å²) in [6, 6.07) is 5.19. The van der Waals surface area contributed by atoms with Gasteiger partial charge in [0.25, 0.3) is 0 Å². The van der Waals surface area contributed by atoms with Gasteiger partial charge in [-0.3, -0.25) is 4.90 Å². The average Bonchev–Trinajstić information content (AvgIpc) is 3.43. The third kappa shape index (κ3) is 4.84. The first-order valence-corrected chi connectivity index (χ1v) is 11.7. The summed E-state index contributed by atoms with van der Waals surface area (Å²) in [4.78, 5) is 4.66. The molecule has 33 heavy (non-hydrogen) atoms. The Balaban J connectivity index is 1.12. The summed E-state index contributed by atoms with van der Waals surface area (Å²) >= 11 is 0. The number of nitrogens with zero attached hydrogens (tertiary/aromatic N) is 3. The Labute approximate surface area is 195 Å². The molecule has 2 unspecified atom stereocenters. The second-order valence-electron chi connectivity index (χ2n) is 9.49. The Kier molecular flexibility index (Phi) is 6.00. The molecule has 3 N–H and O–H groups in total. The number of fused-ring (bicyclic) bond motifs is 2. The highest BCUT2D eigenvalue weighted by atomic mass is 19.1. The van der Waals surface area contributed by atoms with Crippen LogP contribution >= 0.6 is 0 Å². The second-order valence-corrected chi connectivity index (χ2v) is 9.49. The topological polar surface area (TPSA) is 45.8 Å². The maximum atomic E-state index is 13.5. The molecule has 2 atom stereocenters. The van der Waals surface area contributed by atoms with Crippen LogP contribution in [-0.2, 0) is 13.0 Å². The van der Waals surface area contributed by atoms with Crippen molar-refractivity contribution in [1.29, 1.82) is 0 Å². The Hall–Kier alpha value is -3.03. The van der Waals surface area contributed by atoms with E-state index in [1.165, 1.54) is 16.7 Å². The fourth-order valence-corrected chi connectivity index (χ4v) is 4.86. The minimum atomic E-state index is -0.133. The highest BCUT2D eigenvalue weighted by Crippen LogP contribution is 2.26. The zero-order chi connectivity index (χ0) is 22.9. The van der Waals surface area contributed by atoms with E-state index in [0.29, 0.717) is 5.92 Å². The van der Waals surface area contributed by atoms with Crippen LogP contribution in [-0.4, -0.2) is 54.2 Å². The third-order valence-electron chi connectivity index (χ3n) is 6.71. The lowest BCUT2D eigenvalue weighted by atomic mass is 9.98. The standard InChI is InChI=1S/C26H33FN6/c1-18(13-32-9-8-20-10-24(27)6-4-21(20)15-32)11-28-19(2)25-17-33-16-22(5-7-26(33)30-25)23-12-29-31(3)14-23/h4-7,10,14,16-18,26,28-30H,2,8-9,11-13,15H2,1,3H3. The van der Waals surface area contributed by atoms with Crippen LogP contribution in [0.15, 0.2) is 78.1 Å². The molecule has 0 spiro atoms. The van der Waals surface area contributed by atoms with Crippen LogP contribution in [0.1, 0.15) is 18.1 Å². The number of hydrogen-bond donors (Lipinski definition) is 3. The van der Waals surface area contributed by atoms with Crippen molar-refractivity contribution < 1.29 is 4.39 Å². The zero-order valence-electron chi connectivity index (χ0n) is 19.4. The minimum Gasteiger partial charge on any atom is -0.383 e. The number of hydrazine groups is 1. The highest BCUT2D eigenvalue weighted by molar-refractivity contribution is 5.46. The van der Waals surface area contributed by atoms with Gasteiger partial charge >= 0.3 is 0 Å². The molecule has 4 aliphatic heterocycles. The Morgan fingerprint density at radius 3 is 2.97 bits per heavy atom. The van der Waals surface area contributed by atoms with E-state index >= 15 is 0 Å². The average molecular weight is 449 g/mol. The first-order valence-electron chi connectivity index (χ1n) is 11.7. The van der Waals surface area contributed by atoms with Gasteiger partial charge in [0, 0.05) is 58.4 Å². The van der Waals surface area contributed by atoms with Gasteiger partial charge in [0.2, 0.25) is 0 Å². The molecule has 4 heterocycles. The molecule has 0 fully saturated rings. The molecule has 0 radical (unpaired) electrons. The lowest BCUT2D eigenvalue weighted by Crippen LogP contribution is -2.37. The van der Waals surface area contributed by atoms with E-state index in [2.05, 4.69) is 70.1 Å². The second kappa shape index (κ2) is 9.08. The van der Waals surface area contributed by atoms with E-state index in [1.807, 2.05) is 18.1 Å². The molecule has 0 bridgehead atoms. The smallest absolute Gasteiger partial charge is 0.123 e. The van der Waals surface area contributed by atoms with Crippen molar-refractivity contribution >= 4 is 0 Å². The van der Waals surface area contributed by atoms with Crippen molar-refractivity contribution in [3.05, 3.63) is 95.0 Å². The molecule has 4 aliphatic rings. The van der Waals surface area contributed by atoms with E-state index in [-0.39, 0.29) is 12.0 Å². The Bertz CT molecular complexity index is 1050. The number of halogens is 1. The van der Waals surface area contributed by atoms with Crippen molar-refractivity contribution in [2.45, 2.75) is 26.1 Å². The molecule has 0 aromatic heterocycles. The van der Waals surface area contributed by atoms with Crippen LogP contribution in [0.25, 0.3) is 0 Å². The van der Waals surface area contributed by atoms with Crippen LogP contribution in [0.4, 0.5) is 4.39 Å². The summed E-state index contributed by atoms with van der Waals surface area (Å²) in [7, 11) is 2.01. The van der Waals surface area contributed by atoms with Crippen molar-refractivity contribution in [3.63, 3.8) is 0 Å². The Morgan fingerprint density at radius 2 is 2.15 bits per heavy atom. The summed E-state index contributed by atoms with van der Waals surface area (Å²) in [6.07, 6.45) is 11.9. The van der Waals surface area contributed by atoms with Gasteiger partial charge in [0.1, 0.15) is 12.0 Å². The number of nitrogens with one attached hydrogen (secondary N) is 3. The molecule has 0 aliphatic carbocycles. The molecule has 6 nitrogen and oxygen atoms in total. The maximum Gasteiger partial charge on any atom is 0.123 e. The van der Waals surface area contributed by atoms with Gasteiger partial charge in [-0.1, -0.05) is 25.6 Å². The van der Waals surface area contributed by atoms with Crippen LogP contribution in [0, 0.1) is 11.7 Å². The zero-order valence-corrected chi connectivity index (χ0v) is 19.4. The summed E-state index contributed by atoms with van der Waals surface area (Å²) < 4.78 is 13.5. The van der Waals surface area contributed by atoms with Gasteiger partial charge in [-0.25, -0.2) is 9.82 Å². The van der Waals surface area contributed by atoms with Gasteiger partial charge in [-0.2, -0.15) is 0 Å². The van der Waals surface area contributed by atoms with Gasteiger partial charge < -0.3 is 20.5 Å². The van der Waals surface area contributed by atoms with Crippen molar-refractivity contribution in [1.82, 2.24) is 30.9 Å². The van der Waals surface area contributed by atoms with Gasteiger partial charge in [0.05, 0.1) is 11.4 Å². The molecular formula is C26H33FN6. The molecule has 1 aromatic carbocycles. The lowest BCUT2D eigenvalue weighted by molar-refractivity contribution is 0.219. The third-order valence-corrected chi connectivity index (χ3v) is 6.71. The number of rotatable bonds is 7. The summed E-state index contributed by atoms with van der Waals surface area (Å²) in [5.74, 6) is 0.338. The van der Waals surface area contributed by atoms with E-state index in [9.17, 15) is 4.39 Å². The Morgan fingerprint density at radius 1 is 1.27 bits per heavy atom. The minimum absolute atomic E-state index is 0.130. The molecule has 1 aromatic rings. The van der Waals surface area contributed by atoms with Crippen molar-refractivity contribution in [2.75, 3.05) is 33.2 Å². The van der Waals surface area contributed by atoms with Crippen molar-refractivity contribution in [2.24, 2.45) is 5.92 Å². The number of allylic oxidation sites excluding steroid dienone is 1. The maximum absolute atomic E-state index is 13.5. The molecule has 7 heteroatoms. The quantitative estimate of drug-likeness (QED) is 0.596. The van der Waals surface area contributed by atoms with Gasteiger partial charge in [0.15, 0.2) is 0 Å². The van der Waals surface area contributed by atoms with Crippen LogP contribution < -0.4 is 16.1 Å². The molecule has 0 amide bonds. The fraction of sp³-hybridized carbons (Fsp3) is 0.385. The van der Waals surface area contributed by atoms with E-state index in [1.54, 1.807) is 12.1 Å². The van der Waals surface area contributed by atoms with E-state index in [4.69, 9.17) is 0 Å². The first kappa shape index (κ1) is 21.8. The van der Waals surface area contributed by atoms with E-state index < -0.39 is 0 Å². The molecule has 0 saturated carbocycles. The fourth-order valence-electron chi connectivity index (χ4n) is 4.86. The number of benzene rings is 1. The van der Waals surface area contributed by atoms with Crippen LogP contribution in [0.2, 0.25) is 0 Å². The predicted octanol–water partition coefficient (Wildman–Crippen LogP) is 2.78. The van der Waals surface area contributed by atoms with Gasteiger partial charge in [-0.05, 0) is 52.8 Å². The molecular weight excluding hydrogens is 415 g/mol.